The molecule has 0 amide bonds. The van der Waals surface area contributed by atoms with Crippen LogP contribution in [0.5, 0.6) is 0 Å². The van der Waals surface area contributed by atoms with Gasteiger partial charge in [-0.05, 0) is 32.3 Å². The summed E-state index contributed by atoms with van der Waals surface area (Å²) in [5, 5.41) is 3.37. The monoisotopic (exact) mass is 205 g/mol. The van der Waals surface area contributed by atoms with E-state index < -0.39 is 0 Å². The Morgan fingerprint density at radius 1 is 1.47 bits per heavy atom. The molecule has 1 aromatic heterocycles. The molecule has 2 fully saturated rings. The molecule has 3 heterocycles. The number of rotatable bonds is 2. The third-order valence-corrected chi connectivity index (χ3v) is 3.22. The van der Waals surface area contributed by atoms with Gasteiger partial charge in [-0.25, -0.2) is 9.97 Å². The predicted molar refractivity (Wildman–Crippen MR) is 56.7 cm³/mol. The standard InChI is InChI=1S/C11H15N3O/c1-7-4-5-12-11(13-7)14-9-6-8-2-3-10(9)15-8/h4-5,8-10H,2-3,6H2,1H3,(H,12,13,14)/t8-,9-,10-/m1/s1. The van der Waals surface area contributed by atoms with E-state index in [4.69, 9.17) is 4.74 Å². The minimum absolute atomic E-state index is 0.374. The highest BCUT2D eigenvalue weighted by Crippen LogP contribution is 2.35. The predicted octanol–water partition coefficient (Wildman–Crippen LogP) is 1.52. The van der Waals surface area contributed by atoms with Crippen LogP contribution in [0.15, 0.2) is 12.3 Å². The van der Waals surface area contributed by atoms with Crippen molar-refractivity contribution in [3.63, 3.8) is 0 Å². The van der Waals surface area contributed by atoms with E-state index in [9.17, 15) is 0 Å². The summed E-state index contributed by atoms with van der Waals surface area (Å²) in [6, 6.07) is 2.31. The minimum atomic E-state index is 0.374. The molecule has 0 aromatic carbocycles. The Morgan fingerprint density at radius 3 is 3.07 bits per heavy atom. The molecule has 0 spiro atoms. The lowest BCUT2D eigenvalue weighted by Crippen LogP contribution is -2.31. The first kappa shape index (κ1) is 9.09. The average Bonchev–Trinajstić information content (AvgIpc) is 2.79. The van der Waals surface area contributed by atoms with Crippen LogP contribution in [-0.4, -0.2) is 28.2 Å². The molecule has 0 aliphatic carbocycles. The van der Waals surface area contributed by atoms with Crippen LogP contribution in [0.2, 0.25) is 0 Å². The molecular weight excluding hydrogens is 190 g/mol. The van der Waals surface area contributed by atoms with Crippen molar-refractivity contribution >= 4 is 5.95 Å². The summed E-state index contributed by atoms with van der Waals surface area (Å²) in [6.45, 7) is 1.98. The van der Waals surface area contributed by atoms with Crippen LogP contribution in [0.1, 0.15) is 25.0 Å². The number of anilines is 1. The molecule has 2 bridgehead atoms. The molecule has 1 aromatic rings. The van der Waals surface area contributed by atoms with E-state index >= 15 is 0 Å². The molecule has 0 unspecified atom stereocenters. The Kier molecular flexibility index (Phi) is 2.09. The Balaban J connectivity index is 1.71. The fourth-order valence-electron chi connectivity index (χ4n) is 2.47. The molecule has 0 radical (unpaired) electrons. The van der Waals surface area contributed by atoms with E-state index in [-0.39, 0.29) is 0 Å². The number of hydrogen-bond acceptors (Lipinski definition) is 4. The van der Waals surface area contributed by atoms with Gasteiger partial charge in [0.05, 0.1) is 18.2 Å². The van der Waals surface area contributed by atoms with Crippen molar-refractivity contribution in [2.24, 2.45) is 0 Å². The van der Waals surface area contributed by atoms with Crippen LogP contribution >= 0.6 is 0 Å². The van der Waals surface area contributed by atoms with Gasteiger partial charge in [-0.3, -0.25) is 0 Å². The molecule has 3 rings (SSSR count). The highest BCUT2D eigenvalue weighted by molar-refractivity contribution is 5.28. The van der Waals surface area contributed by atoms with E-state index in [1.54, 1.807) is 6.20 Å². The molecule has 0 saturated carbocycles. The van der Waals surface area contributed by atoms with Gasteiger partial charge in [0, 0.05) is 11.9 Å². The van der Waals surface area contributed by atoms with Crippen molar-refractivity contribution in [3.8, 4) is 0 Å². The second-order valence-electron chi connectivity index (χ2n) is 4.38. The van der Waals surface area contributed by atoms with Gasteiger partial charge in [0.2, 0.25) is 5.95 Å². The number of ether oxygens (including phenoxy) is 1. The van der Waals surface area contributed by atoms with Gasteiger partial charge in [-0.1, -0.05) is 0 Å². The van der Waals surface area contributed by atoms with E-state index in [0.29, 0.717) is 18.2 Å². The van der Waals surface area contributed by atoms with Crippen molar-refractivity contribution in [3.05, 3.63) is 18.0 Å². The Labute approximate surface area is 89.1 Å². The Morgan fingerprint density at radius 2 is 2.40 bits per heavy atom. The van der Waals surface area contributed by atoms with E-state index in [1.807, 2.05) is 13.0 Å². The van der Waals surface area contributed by atoms with Gasteiger partial charge < -0.3 is 10.1 Å². The normalized spacial score (nSPS) is 33.3. The van der Waals surface area contributed by atoms with Crippen LogP contribution in [0, 0.1) is 6.92 Å². The zero-order valence-corrected chi connectivity index (χ0v) is 8.81. The number of nitrogens with zero attached hydrogens (tertiary/aromatic N) is 2. The smallest absolute Gasteiger partial charge is 0.223 e. The first-order valence-electron chi connectivity index (χ1n) is 5.53. The summed E-state index contributed by atoms with van der Waals surface area (Å²) in [5.74, 6) is 0.733. The summed E-state index contributed by atoms with van der Waals surface area (Å²) in [6.07, 6.45) is 6.13. The fraction of sp³-hybridized carbons (Fsp3) is 0.636. The number of aromatic nitrogens is 2. The lowest BCUT2D eigenvalue weighted by molar-refractivity contribution is 0.102. The van der Waals surface area contributed by atoms with E-state index in [0.717, 1.165) is 18.1 Å². The van der Waals surface area contributed by atoms with E-state index in [1.165, 1.54) is 12.8 Å². The number of hydrogen-bond donors (Lipinski definition) is 1. The summed E-state index contributed by atoms with van der Waals surface area (Å²) < 4.78 is 5.77. The molecule has 3 atom stereocenters. The van der Waals surface area contributed by atoms with Crippen molar-refractivity contribution in [2.45, 2.75) is 44.4 Å². The number of fused-ring (bicyclic) bond motifs is 2. The third-order valence-electron chi connectivity index (χ3n) is 3.22. The summed E-state index contributed by atoms with van der Waals surface area (Å²) in [5.41, 5.74) is 0.997. The molecule has 2 saturated heterocycles. The largest absolute Gasteiger partial charge is 0.373 e. The molecule has 2 aliphatic heterocycles. The van der Waals surface area contributed by atoms with Gasteiger partial charge >= 0.3 is 0 Å². The van der Waals surface area contributed by atoms with E-state index in [2.05, 4.69) is 15.3 Å². The second-order valence-corrected chi connectivity index (χ2v) is 4.38. The number of aryl methyl sites for hydroxylation is 1. The van der Waals surface area contributed by atoms with Gasteiger partial charge in [0.15, 0.2) is 0 Å². The highest BCUT2D eigenvalue weighted by Gasteiger charge is 2.40. The maximum Gasteiger partial charge on any atom is 0.223 e. The fourth-order valence-corrected chi connectivity index (χ4v) is 2.47. The Bertz CT molecular complexity index is 369. The molecule has 4 heteroatoms. The molecule has 4 nitrogen and oxygen atoms in total. The van der Waals surface area contributed by atoms with Gasteiger partial charge in [-0.15, -0.1) is 0 Å². The van der Waals surface area contributed by atoms with Crippen LogP contribution in [0.3, 0.4) is 0 Å². The lowest BCUT2D eigenvalue weighted by atomic mass is 9.96. The molecule has 15 heavy (non-hydrogen) atoms. The zero-order valence-electron chi connectivity index (χ0n) is 8.81. The third kappa shape index (κ3) is 1.69. The minimum Gasteiger partial charge on any atom is -0.373 e. The van der Waals surface area contributed by atoms with Gasteiger partial charge in [-0.2, -0.15) is 0 Å². The lowest BCUT2D eigenvalue weighted by Gasteiger charge is -2.19. The van der Waals surface area contributed by atoms with Crippen molar-refractivity contribution in [2.75, 3.05) is 5.32 Å². The van der Waals surface area contributed by atoms with Crippen LogP contribution in [-0.2, 0) is 4.74 Å². The molecule has 2 aliphatic rings. The first-order valence-corrected chi connectivity index (χ1v) is 5.53. The van der Waals surface area contributed by atoms with Crippen molar-refractivity contribution < 1.29 is 4.74 Å². The van der Waals surface area contributed by atoms with Crippen LogP contribution < -0.4 is 5.32 Å². The molecular formula is C11H15N3O. The summed E-state index contributed by atoms with van der Waals surface area (Å²) in [4.78, 5) is 8.55. The second kappa shape index (κ2) is 3.45. The maximum atomic E-state index is 5.77. The van der Waals surface area contributed by atoms with Crippen LogP contribution in [0.4, 0.5) is 5.95 Å². The first-order chi connectivity index (χ1) is 7.31. The molecule has 1 N–H and O–H groups in total. The van der Waals surface area contributed by atoms with Crippen molar-refractivity contribution in [1.29, 1.82) is 0 Å². The Hall–Kier alpha value is -1.16. The maximum absolute atomic E-state index is 5.77. The topological polar surface area (TPSA) is 47.0 Å². The van der Waals surface area contributed by atoms with Gasteiger partial charge in [0.25, 0.3) is 0 Å². The van der Waals surface area contributed by atoms with Gasteiger partial charge in [0.1, 0.15) is 0 Å². The summed E-state index contributed by atoms with van der Waals surface area (Å²) in [7, 11) is 0. The van der Waals surface area contributed by atoms with Crippen LogP contribution in [0.25, 0.3) is 0 Å². The number of nitrogens with one attached hydrogen (secondary N) is 1. The SMILES string of the molecule is Cc1ccnc(N[C@@H]2C[C@H]3CC[C@H]2O3)n1. The highest BCUT2D eigenvalue weighted by atomic mass is 16.5. The average molecular weight is 205 g/mol. The quantitative estimate of drug-likeness (QED) is 0.795. The summed E-state index contributed by atoms with van der Waals surface area (Å²) >= 11 is 0. The van der Waals surface area contributed by atoms with Crippen molar-refractivity contribution in [1.82, 2.24) is 9.97 Å². The zero-order chi connectivity index (χ0) is 10.3. The molecule has 80 valence electrons.